The van der Waals surface area contributed by atoms with Crippen LogP contribution < -0.4 is 11.4 Å². The molecule has 0 aliphatic heterocycles. The minimum Gasteiger partial charge on any atom is -0.330 e. The predicted octanol–water partition coefficient (Wildman–Crippen LogP) is 0.959. The molecule has 0 atom stereocenters. The van der Waals surface area contributed by atoms with E-state index in [1.165, 1.54) is 0 Å². The maximum atomic E-state index is 11.3. The summed E-state index contributed by atoms with van der Waals surface area (Å²) in [5, 5.41) is 0. The summed E-state index contributed by atoms with van der Waals surface area (Å²) >= 11 is 0. The van der Waals surface area contributed by atoms with Crippen LogP contribution in [0.5, 0.6) is 0 Å². The van der Waals surface area contributed by atoms with E-state index < -0.39 is 0 Å². The van der Waals surface area contributed by atoms with Gasteiger partial charge in [0.1, 0.15) is 0 Å². The van der Waals surface area contributed by atoms with Gasteiger partial charge in [0.25, 0.3) is 0 Å². The van der Waals surface area contributed by atoms with Crippen molar-refractivity contribution >= 4 is 0 Å². The predicted molar refractivity (Wildman–Crippen MR) is 60.9 cm³/mol. The number of aromatic nitrogens is 2. The summed E-state index contributed by atoms with van der Waals surface area (Å²) in [6.07, 6.45) is 1.68. The normalized spacial score (nSPS) is 11.7. The molecule has 0 radical (unpaired) electrons. The van der Waals surface area contributed by atoms with E-state index in [0.29, 0.717) is 6.54 Å². The second-order valence-electron chi connectivity index (χ2n) is 4.74. The SMILES string of the molecule is CC(C)(C)c1cc(CCCN)[nH]c(=O)n1. The summed E-state index contributed by atoms with van der Waals surface area (Å²) in [6, 6.07) is 1.96. The van der Waals surface area contributed by atoms with Crippen molar-refractivity contribution in [3.05, 3.63) is 27.9 Å². The number of H-pyrrole nitrogens is 1. The van der Waals surface area contributed by atoms with E-state index in [1.807, 2.05) is 26.8 Å². The molecule has 4 nitrogen and oxygen atoms in total. The van der Waals surface area contributed by atoms with Crippen LogP contribution in [0.4, 0.5) is 0 Å². The largest absolute Gasteiger partial charge is 0.345 e. The zero-order valence-electron chi connectivity index (χ0n) is 9.63. The Bertz CT molecular complexity index is 376. The summed E-state index contributed by atoms with van der Waals surface area (Å²) in [5.41, 5.74) is 6.82. The average molecular weight is 209 g/mol. The number of nitrogens with one attached hydrogen (secondary N) is 1. The van der Waals surface area contributed by atoms with Crippen LogP contribution in [0.2, 0.25) is 0 Å². The molecule has 0 saturated carbocycles. The van der Waals surface area contributed by atoms with Gasteiger partial charge in [0.2, 0.25) is 0 Å². The Morgan fingerprint density at radius 2 is 2.13 bits per heavy atom. The van der Waals surface area contributed by atoms with Crippen molar-refractivity contribution in [2.75, 3.05) is 6.54 Å². The minimum atomic E-state index is -0.269. The number of hydrogen-bond donors (Lipinski definition) is 2. The summed E-state index contributed by atoms with van der Waals surface area (Å²) in [5.74, 6) is 0. The highest BCUT2D eigenvalue weighted by Gasteiger charge is 2.16. The van der Waals surface area contributed by atoms with Crippen molar-refractivity contribution in [2.45, 2.75) is 39.0 Å². The van der Waals surface area contributed by atoms with E-state index in [9.17, 15) is 4.79 Å². The number of nitrogens with two attached hydrogens (primary N) is 1. The molecule has 1 rings (SSSR count). The van der Waals surface area contributed by atoms with Gasteiger partial charge in [-0.2, -0.15) is 4.98 Å². The monoisotopic (exact) mass is 209 g/mol. The van der Waals surface area contributed by atoms with E-state index in [1.54, 1.807) is 0 Å². The number of aromatic amines is 1. The molecule has 1 heterocycles. The zero-order chi connectivity index (χ0) is 11.5. The first-order valence-corrected chi connectivity index (χ1v) is 5.24. The quantitative estimate of drug-likeness (QED) is 0.778. The molecule has 1 aromatic heterocycles. The molecule has 3 N–H and O–H groups in total. The first-order chi connectivity index (χ1) is 6.93. The van der Waals surface area contributed by atoms with Crippen molar-refractivity contribution in [1.82, 2.24) is 9.97 Å². The fraction of sp³-hybridized carbons (Fsp3) is 0.636. The first kappa shape index (κ1) is 11.9. The minimum absolute atomic E-state index is 0.0915. The van der Waals surface area contributed by atoms with Gasteiger partial charge in [-0.25, -0.2) is 4.79 Å². The van der Waals surface area contributed by atoms with Gasteiger partial charge in [0.05, 0.1) is 5.69 Å². The Balaban J connectivity index is 3.01. The van der Waals surface area contributed by atoms with Gasteiger partial charge >= 0.3 is 5.69 Å². The molecule has 0 fully saturated rings. The van der Waals surface area contributed by atoms with Crippen LogP contribution in [0.3, 0.4) is 0 Å². The lowest BCUT2D eigenvalue weighted by molar-refractivity contribution is 0.561. The highest BCUT2D eigenvalue weighted by Crippen LogP contribution is 2.19. The molecule has 0 aliphatic carbocycles. The fourth-order valence-electron chi connectivity index (χ4n) is 1.32. The van der Waals surface area contributed by atoms with Gasteiger partial charge in [-0.05, 0) is 25.5 Å². The number of hydrogen-bond acceptors (Lipinski definition) is 3. The molecular weight excluding hydrogens is 190 g/mol. The highest BCUT2D eigenvalue weighted by molar-refractivity contribution is 5.15. The van der Waals surface area contributed by atoms with Crippen LogP contribution in [-0.4, -0.2) is 16.5 Å². The number of aryl methyl sites for hydroxylation is 1. The van der Waals surface area contributed by atoms with E-state index in [2.05, 4.69) is 9.97 Å². The molecule has 0 bridgehead atoms. The number of rotatable bonds is 3. The summed E-state index contributed by atoms with van der Waals surface area (Å²) in [6.45, 7) is 6.76. The third kappa shape index (κ3) is 3.47. The molecule has 4 heteroatoms. The van der Waals surface area contributed by atoms with Gasteiger partial charge in [0, 0.05) is 11.1 Å². The molecule has 0 aromatic carbocycles. The molecule has 15 heavy (non-hydrogen) atoms. The Hall–Kier alpha value is -1.16. The van der Waals surface area contributed by atoms with Crippen molar-refractivity contribution in [3.63, 3.8) is 0 Å². The zero-order valence-corrected chi connectivity index (χ0v) is 9.63. The van der Waals surface area contributed by atoms with E-state index in [-0.39, 0.29) is 11.1 Å². The third-order valence-electron chi connectivity index (χ3n) is 2.22. The van der Waals surface area contributed by atoms with E-state index in [4.69, 9.17) is 5.73 Å². The molecule has 0 amide bonds. The Morgan fingerprint density at radius 1 is 1.47 bits per heavy atom. The van der Waals surface area contributed by atoms with Gasteiger partial charge in [0.15, 0.2) is 0 Å². The molecule has 1 aromatic rings. The lowest BCUT2D eigenvalue weighted by atomic mass is 9.91. The van der Waals surface area contributed by atoms with Gasteiger partial charge in [-0.15, -0.1) is 0 Å². The van der Waals surface area contributed by atoms with Crippen LogP contribution in [0, 0.1) is 0 Å². The molecule has 0 saturated heterocycles. The lowest BCUT2D eigenvalue weighted by Crippen LogP contribution is -2.23. The third-order valence-corrected chi connectivity index (χ3v) is 2.22. The number of nitrogens with zero attached hydrogens (tertiary/aromatic N) is 1. The maximum absolute atomic E-state index is 11.3. The Morgan fingerprint density at radius 3 is 2.67 bits per heavy atom. The maximum Gasteiger partial charge on any atom is 0.345 e. The van der Waals surface area contributed by atoms with Crippen LogP contribution in [-0.2, 0) is 11.8 Å². The van der Waals surface area contributed by atoms with Crippen LogP contribution >= 0.6 is 0 Å². The standard InChI is InChI=1S/C11H19N3O/c1-11(2,3)9-7-8(5-4-6-12)13-10(15)14-9/h7H,4-6,12H2,1-3H3,(H,13,14,15). The van der Waals surface area contributed by atoms with Gasteiger partial charge in [-0.1, -0.05) is 20.8 Å². The van der Waals surface area contributed by atoms with E-state index >= 15 is 0 Å². The van der Waals surface area contributed by atoms with Gasteiger partial charge in [-0.3, -0.25) is 0 Å². The second-order valence-corrected chi connectivity index (χ2v) is 4.74. The lowest BCUT2D eigenvalue weighted by Gasteiger charge is -2.17. The van der Waals surface area contributed by atoms with Crippen LogP contribution in [0.25, 0.3) is 0 Å². The van der Waals surface area contributed by atoms with Crippen molar-refractivity contribution in [3.8, 4) is 0 Å². The fourth-order valence-corrected chi connectivity index (χ4v) is 1.32. The van der Waals surface area contributed by atoms with Crippen molar-refractivity contribution in [2.24, 2.45) is 5.73 Å². The Labute approximate surface area is 89.9 Å². The topological polar surface area (TPSA) is 71.8 Å². The van der Waals surface area contributed by atoms with Gasteiger partial charge < -0.3 is 10.7 Å². The summed E-state index contributed by atoms with van der Waals surface area (Å²) in [4.78, 5) is 18.0. The molecule has 0 spiro atoms. The highest BCUT2D eigenvalue weighted by atomic mass is 16.1. The van der Waals surface area contributed by atoms with E-state index in [0.717, 1.165) is 24.2 Å². The first-order valence-electron chi connectivity index (χ1n) is 5.24. The van der Waals surface area contributed by atoms with Crippen molar-refractivity contribution in [1.29, 1.82) is 0 Å². The smallest absolute Gasteiger partial charge is 0.330 e. The summed E-state index contributed by atoms with van der Waals surface area (Å²) < 4.78 is 0. The molecule has 0 unspecified atom stereocenters. The molecule has 0 aliphatic rings. The second kappa shape index (κ2) is 4.57. The summed E-state index contributed by atoms with van der Waals surface area (Å²) in [7, 11) is 0. The van der Waals surface area contributed by atoms with Crippen LogP contribution in [0.15, 0.2) is 10.9 Å². The Kier molecular flexibility index (Phi) is 3.63. The van der Waals surface area contributed by atoms with Crippen molar-refractivity contribution < 1.29 is 0 Å². The molecule has 84 valence electrons. The molecular formula is C11H19N3O. The average Bonchev–Trinajstić information content (AvgIpc) is 2.12. The van der Waals surface area contributed by atoms with Crippen LogP contribution in [0.1, 0.15) is 38.6 Å².